The van der Waals surface area contributed by atoms with E-state index in [0.717, 1.165) is 17.7 Å². The molecule has 2 heterocycles. The standard InChI is InChI=1S/C18H19NO4/c1-21-16-10-13-7-8-19(12-14(13)11-17(16)22-2)18(20)6-5-15-4-3-9-23-15/h3-6,9-11H,7-8,12H2,1-2H3/b6-5+. The Kier molecular flexibility index (Phi) is 4.37. The van der Waals surface area contributed by atoms with E-state index in [4.69, 9.17) is 13.9 Å². The van der Waals surface area contributed by atoms with Gasteiger partial charge in [-0.1, -0.05) is 0 Å². The van der Waals surface area contributed by atoms with Gasteiger partial charge in [-0.15, -0.1) is 0 Å². The largest absolute Gasteiger partial charge is 0.493 e. The molecule has 0 aliphatic carbocycles. The molecule has 1 aromatic carbocycles. The lowest BCUT2D eigenvalue weighted by molar-refractivity contribution is -0.126. The van der Waals surface area contributed by atoms with Gasteiger partial charge in [0.25, 0.3) is 0 Å². The van der Waals surface area contributed by atoms with Gasteiger partial charge in [0.05, 0.1) is 20.5 Å². The zero-order chi connectivity index (χ0) is 16.2. The average Bonchev–Trinajstić information content (AvgIpc) is 3.11. The molecule has 3 rings (SSSR count). The lowest BCUT2D eigenvalue weighted by atomic mass is 9.98. The molecule has 5 heteroatoms. The van der Waals surface area contributed by atoms with Crippen molar-refractivity contribution in [2.45, 2.75) is 13.0 Å². The molecule has 23 heavy (non-hydrogen) atoms. The average molecular weight is 313 g/mol. The van der Waals surface area contributed by atoms with Crippen molar-refractivity contribution in [2.75, 3.05) is 20.8 Å². The van der Waals surface area contributed by atoms with Gasteiger partial charge in [-0.25, -0.2) is 0 Å². The molecule has 0 saturated heterocycles. The van der Waals surface area contributed by atoms with Crippen molar-refractivity contribution in [3.63, 3.8) is 0 Å². The molecule has 0 spiro atoms. The second-order valence-corrected chi connectivity index (χ2v) is 5.33. The minimum absolute atomic E-state index is 0.0261. The van der Waals surface area contributed by atoms with Crippen molar-refractivity contribution < 1.29 is 18.7 Å². The van der Waals surface area contributed by atoms with Gasteiger partial charge in [0, 0.05) is 19.2 Å². The van der Waals surface area contributed by atoms with Gasteiger partial charge in [0.1, 0.15) is 5.76 Å². The van der Waals surface area contributed by atoms with E-state index in [2.05, 4.69) is 0 Å². The van der Waals surface area contributed by atoms with E-state index < -0.39 is 0 Å². The number of carbonyl (C=O) groups is 1. The molecule has 0 bridgehead atoms. The Balaban J connectivity index is 1.75. The summed E-state index contributed by atoms with van der Waals surface area (Å²) in [5.41, 5.74) is 2.29. The fraction of sp³-hybridized carbons (Fsp3) is 0.278. The molecule has 2 aromatic rings. The third kappa shape index (κ3) is 3.23. The van der Waals surface area contributed by atoms with Gasteiger partial charge >= 0.3 is 0 Å². The number of furan rings is 1. The van der Waals surface area contributed by atoms with E-state index in [1.54, 1.807) is 38.7 Å². The summed E-state index contributed by atoms with van der Waals surface area (Å²) in [6, 6.07) is 7.55. The van der Waals surface area contributed by atoms with Gasteiger partial charge < -0.3 is 18.8 Å². The minimum atomic E-state index is -0.0261. The molecule has 1 aliphatic rings. The fourth-order valence-corrected chi connectivity index (χ4v) is 2.72. The summed E-state index contributed by atoms with van der Waals surface area (Å²) in [6.45, 7) is 1.25. The summed E-state index contributed by atoms with van der Waals surface area (Å²) < 4.78 is 15.9. The highest BCUT2D eigenvalue weighted by molar-refractivity contribution is 5.91. The summed E-state index contributed by atoms with van der Waals surface area (Å²) in [6.07, 6.45) is 5.62. The van der Waals surface area contributed by atoms with E-state index in [9.17, 15) is 4.79 Å². The van der Waals surface area contributed by atoms with Crippen molar-refractivity contribution in [3.8, 4) is 11.5 Å². The monoisotopic (exact) mass is 313 g/mol. The van der Waals surface area contributed by atoms with Crippen molar-refractivity contribution >= 4 is 12.0 Å². The maximum absolute atomic E-state index is 12.3. The Bertz CT molecular complexity index is 719. The maximum Gasteiger partial charge on any atom is 0.246 e. The van der Waals surface area contributed by atoms with Gasteiger partial charge in [0.2, 0.25) is 5.91 Å². The maximum atomic E-state index is 12.3. The van der Waals surface area contributed by atoms with Crippen LogP contribution in [0.1, 0.15) is 16.9 Å². The van der Waals surface area contributed by atoms with Crippen LogP contribution >= 0.6 is 0 Å². The Morgan fingerprint density at radius 2 is 1.96 bits per heavy atom. The van der Waals surface area contributed by atoms with E-state index in [1.807, 2.05) is 23.1 Å². The third-order valence-corrected chi connectivity index (χ3v) is 3.96. The van der Waals surface area contributed by atoms with Crippen LogP contribution in [0.15, 0.2) is 41.0 Å². The molecule has 1 aliphatic heterocycles. The van der Waals surface area contributed by atoms with Crippen molar-refractivity contribution in [3.05, 3.63) is 53.5 Å². The topological polar surface area (TPSA) is 51.9 Å². The summed E-state index contributed by atoms with van der Waals surface area (Å²) in [5, 5.41) is 0. The number of benzene rings is 1. The Morgan fingerprint density at radius 1 is 1.22 bits per heavy atom. The molecule has 1 aromatic heterocycles. The first kappa shape index (κ1) is 15.2. The Hall–Kier alpha value is -2.69. The van der Waals surface area contributed by atoms with Gasteiger partial charge in [-0.05, 0) is 47.9 Å². The van der Waals surface area contributed by atoms with Gasteiger partial charge in [-0.3, -0.25) is 4.79 Å². The van der Waals surface area contributed by atoms with E-state index in [-0.39, 0.29) is 5.91 Å². The predicted molar refractivity (Wildman–Crippen MR) is 86.4 cm³/mol. The zero-order valence-corrected chi connectivity index (χ0v) is 13.2. The fourth-order valence-electron chi connectivity index (χ4n) is 2.72. The van der Waals surface area contributed by atoms with Crippen molar-refractivity contribution in [2.24, 2.45) is 0 Å². The molecule has 0 N–H and O–H groups in total. The first-order valence-electron chi connectivity index (χ1n) is 7.45. The summed E-state index contributed by atoms with van der Waals surface area (Å²) in [7, 11) is 3.24. The van der Waals surface area contributed by atoms with E-state index in [1.165, 1.54) is 5.56 Å². The first-order valence-corrected chi connectivity index (χ1v) is 7.45. The zero-order valence-electron chi connectivity index (χ0n) is 13.2. The molecule has 0 fully saturated rings. The molecule has 0 atom stereocenters. The Labute approximate surface area is 135 Å². The van der Waals surface area contributed by atoms with Crippen LogP contribution in [0, 0.1) is 0 Å². The number of hydrogen-bond donors (Lipinski definition) is 0. The van der Waals surface area contributed by atoms with Crippen LogP contribution in [0.5, 0.6) is 11.5 Å². The first-order chi connectivity index (χ1) is 11.2. The molecule has 0 saturated carbocycles. The smallest absolute Gasteiger partial charge is 0.246 e. The number of methoxy groups -OCH3 is 2. The van der Waals surface area contributed by atoms with Crippen LogP contribution in [0.2, 0.25) is 0 Å². The highest BCUT2D eigenvalue weighted by atomic mass is 16.5. The van der Waals surface area contributed by atoms with Crippen LogP contribution in [0.4, 0.5) is 0 Å². The van der Waals surface area contributed by atoms with Crippen molar-refractivity contribution in [1.82, 2.24) is 4.90 Å². The van der Waals surface area contributed by atoms with Crippen LogP contribution in [-0.4, -0.2) is 31.6 Å². The van der Waals surface area contributed by atoms with Crippen LogP contribution < -0.4 is 9.47 Å². The lowest BCUT2D eigenvalue weighted by Gasteiger charge is -2.28. The number of amides is 1. The van der Waals surface area contributed by atoms with E-state index in [0.29, 0.717) is 24.6 Å². The number of fused-ring (bicyclic) bond motifs is 1. The molecular weight excluding hydrogens is 294 g/mol. The summed E-state index contributed by atoms with van der Waals surface area (Å²) in [5.74, 6) is 2.06. The van der Waals surface area contributed by atoms with Gasteiger partial charge in [-0.2, -0.15) is 0 Å². The molecule has 120 valence electrons. The highest BCUT2D eigenvalue weighted by Crippen LogP contribution is 2.33. The number of rotatable bonds is 4. The van der Waals surface area contributed by atoms with Gasteiger partial charge in [0.15, 0.2) is 11.5 Å². The molecule has 1 amide bonds. The van der Waals surface area contributed by atoms with E-state index >= 15 is 0 Å². The number of hydrogen-bond acceptors (Lipinski definition) is 4. The molecule has 0 unspecified atom stereocenters. The lowest BCUT2D eigenvalue weighted by Crippen LogP contribution is -2.34. The molecule has 0 radical (unpaired) electrons. The number of carbonyl (C=O) groups excluding carboxylic acids is 1. The van der Waals surface area contributed by atoms with Crippen LogP contribution in [-0.2, 0) is 17.8 Å². The second kappa shape index (κ2) is 6.60. The molecular formula is C18H19NO4. The number of ether oxygens (including phenoxy) is 2. The quantitative estimate of drug-likeness (QED) is 0.815. The second-order valence-electron chi connectivity index (χ2n) is 5.33. The third-order valence-electron chi connectivity index (χ3n) is 3.96. The van der Waals surface area contributed by atoms with Crippen molar-refractivity contribution in [1.29, 1.82) is 0 Å². The molecule has 5 nitrogen and oxygen atoms in total. The number of nitrogens with zero attached hydrogens (tertiary/aromatic N) is 1. The normalized spacial score (nSPS) is 13.9. The van der Waals surface area contributed by atoms with Crippen LogP contribution in [0.3, 0.4) is 0 Å². The predicted octanol–water partition coefficient (Wildman–Crippen LogP) is 2.89. The van der Waals surface area contributed by atoms with Crippen LogP contribution in [0.25, 0.3) is 6.08 Å². The highest BCUT2D eigenvalue weighted by Gasteiger charge is 2.21. The Morgan fingerprint density at radius 3 is 2.61 bits per heavy atom. The SMILES string of the molecule is COc1cc2c(cc1OC)CN(C(=O)/C=C/c1ccco1)CC2. The minimum Gasteiger partial charge on any atom is -0.493 e. The summed E-state index contributed by atoms with van der Waals surface area (Å²) >= 11 is 0. The summed E-state index contributed by atoms with van der Waals surface area (Å²) in [4.78, 5) is 14.1.